The lowest BCUT2D eigenvalue weighted by Crippen LogP contribution is -2.43. The normalized spacial score (nSPS) is 20.5. The first-order valence-electron chi connectivity index (χ1n) is 10.3. The first kappa shape index (κ1) is 18.1. The van der Waals surface area contributed by atoms with E-state index in [1.54, 1.807) is 12.3 Å². The van der Waals surface area contributed by atoms with Crippen LogP contribution in [-0.2, 0) is 16.6 Å². The molecule has 0 radical (unpaired) electrons. The second-order valence-electron chi connectivity index (χ2n) is 8.07. The van der Waals surface area contributed by atoms with Gasteiger partial charge in [-0.05, 0) is 37.8 Å². The number of nitriles is 1. The lowest BCUT2D eigenvalue weighted by molar-refractivity contribution is 0.122. The van der Waals surface area contributed by atoms with Crippen molar-refractivity contribution in [2.45, 2.75) is 31.1 Å². The summed E-state index contributed by atoms with van der Waals surface area (Å²) >= 11 is 0. The molecule has 5 rings (SSSR count). The van der Waals surface area contributed by atoms with Crippen LogP contribution in [0, 0.1) is 11.3 Å². The van der Waals surface area contributed by atoms with Crippen LogP contribution in [0.4, 0.5) is 11.8 Å². The Morgan fingerprint density at radius 1 is 1.14 bits per heavy atom. The zero-order chi connectivity index (χ0) is 19.8. The van der Waals surface area contributed by atoms with Gasteiger partial charge < -0.3 is 14.5 Å². The molecule has 0 atom stereocenters. The van der Waals surface area contributed by atoms with Crippen LogP contribution in [-0.4, -0.2) is 54.3 Å². The van der Waals surface area contributed by atoms with Gasteiger partial charge >= 0.3 is 0 Å². The van der Waals surface area contributed by atoms with E-state index < -0.39 is 0 Å². The van der Waals surface area contributed by atoms with Crippen LogP contribution in [0.15, 0.2) is 23.1 Å². The summed E-state index contributed by atoms with van der Waals surface area (Å²) < 4.78 is 5.43. The molecule has 1 spiro atoms. The van der Waals surface area contributed by atoms with Crippen LogP contribution >= 0.6 is 0 Å². The van der Waals surface area contributed by atoms with Crippen molar-refractivity contribution in [2.24, 2.45) is 0 Å². The zero-order valence-electron chi connectivity index (χ0n) is 16.4. The van der Waals surface area contributed by atoms with E-state index in [1.807, 2.05) is 6.07 Å². The van der Waals surface area contributed by atoms with Gasteiger partial charge in [0.25, 0.3) is 5.56 Å². The maximum atomic E-state index is 12.8. The number of nitrogens with one attached hydrogen (secondary N) is 1. The summed E-state index contributed by atoms with van der Waals surface area (Å²) in [4.78, 5) is 29.5. The van der Waals surface area contributed by atoms with Gasteiger partial charge in [0, 0.05) is 43.4 Å². The molecule has 0 saturated carbocycles. The molecule has 4 heterocycles. The minimum Gasteiger partial charge on any atom is -0.378 e. The van der Waals surface area contributed by atoms with Crippen LogP contribution in [0.2, 0.25) is 0 Å². The number of aromatic nitrogens is 3. The summed E-state index contributed by atoms with van der Waals surface area (Å²) in [5, 5.41) is 9.39. The third-order valence-corrected chi connectivity index (χ3v) is 6.60. The van der Waals surface area contributed by atoms with Crippen molar-refractivity contribution in [1.29, 1.82) is 5.26 Å². The Balaban J connectivity index is 1.42. The number of nitrogens with zero attached hydrogens (tertiary/aromatic N) is 5. The monoisotopic (exact) mass is 392 g/mol. The number of hydrogen-bond donors (Lipinski definition) is 1. The maximum absolute atomic E-state index is 12.8. The van der Waals surface area contributed by atoms with Gasteiger partial charge in [-0.1, -0.05) is 0 Å². The molecule has 2 aliphatic heterocycles. The van der Waals surface area contributed by atoms with Crippen LogP contribution in [0.3, 0.4) is 0 Å². The van der Waals surface area contributed by atoms with E-state index in [2.05, 4.69) is 25.8 Å². The predicted octanol–water partition coefficient (Wildman–Crippen LogP) is 1.36. The van der Waals surface area contributed by atoms with Crippen molar-refractivity contribution in [3.8, 4) is 6.07 Å². The summed E-state index contributed by atoms with van der Waals surface area (Å²) in [5.41, 5.74) is 2.41. The van der Waals surface area contributed by atoms with E-state index in [9.17, 15) is 10.1 Å². The van der Waals surface area contributed by atoms with E-state index in [4.69, 9.17) is 9.72 Å². The molecule has 2 fully saturated rings. The molecule has 2 saturated heterocycles. The summed E-state index contributed by atoms with van der Waals surface area (Å²) in [6.07, 6.45) is 5.32. The highest BCUT2D eigenvalue weighted by atomic mass is 16.5. The molecule has 3 aliphatic rings. The SMILES string of the molecule is N#Cc1cccnc1N1CCC2(CCc3c2nc(N2CCOCC2)[nH]c3=O)CC1. The first-order chi connectivity index (χ1) is 14.2. The molecule has 1 N–H and O–H groups in total. The van der Waals surface area contributed by atoms with E-state index >= 15 is 0 Å². The average molecular weight is 392 g/mol. The van der Waals surface area contributed by atoms with E-state index in [-0.39, 0.29) is 11.0 Å². The molecule has 2 aromatic heterocycles. The van der Waals surface area contributed by atoms with E-state index in [0.29, 0.717) is 24.7 Å². The number of morpholine rings is 1. The van der Waals surface area contributed by atoms with Gasteiger partial charge in [0.1, 0.15) is 11.9 Å². The fraction of sp³-hybridized carbons (Fsp3) is 0.524. The second-order valence-corrected chi connectivity index (χ2v) is 8.07. The largest absolute Gasteiger partial charge is 0.378 e. The lowest BCUT2D eigenvalue weighted by Gasteiger charge is -2.40. The van der Waals surface area contributed by atoms with Crippen LogP contribution in [0.1, 0.15) is 36.1 Å². The van der Waals surface area contributed by atoms with Gasteiger partial charge in [-0.15, -0.1) is 0 Å². The number of hydrogen-bond acceptors (Lipinski definition) is 7. The highest BCUT2D eigenvalue weighted by molar-refractivity contribution is 5.54. The molecular weight excluding hydrogens is 368 g/mol. The molecule has 0 unspecified atom stereocenters. The zero-order valence-corrected chi connectivity index (χ0v) is 16.4. The molecule has 8 nitrogen and oxygen atoms in total. The molecule has 1 aliphatic carbocycles. The van der Waals surface area contributed by atoms with Crippen LogP contribution in [0.5, 0.6) is 0 Å². The van der Waals surface area contributed by atoms with Crippen molar-refractivity contribution in [2.75, 3.05) is 49.2 Å². The van der Waals surface area contributed by atoms with Crippen molar-refractivity contribution >= 4 is 11.8 Å². The molecule has 0 amide bonds. The van der Waals surface area contributed by atoms with Gasteiger partial charge in [-0.3, -0.25) is 9.78 Å². The molecule has 8 heteroatoms. The molecular formula is C21H24N6O2. The lowest BCUT2D eigenvalue weighted by atomic mass is 9.76. The quantitative estimate of drug-likeness (QED) is 0.824. The van der Waals surface area contributed by atoms with Gasteiger partial charge in [0.05, 0.1) is 24.5 Å². The number of H-pyrrole nitrogens is 1. The molecule has 0 aromatic carbocycles. The topological polar surface area (TPSA) is 98.1 Å². The van der Waals surface area contributed by atoms with Gasteiger partial charge in [0.2, 0.25) is 5.95 Å². The Hall–Kier alpha value is -2.92. The first-order valence-corrected chi connectivity index (χ1v) is 10.3. The van der Waals surface area contributed by atoms with Crippen molar-refractivity contribution in [3.05, 3.63) is 45.5 Å². The number of aromatic amines is 1. The molecule has 150 valence electrons. The van der Waals surface area contributed by atoms with E-state index in [0.717, 1.165) is 68.9 Å². The summed E-state index contributed by atoms with van der Waals surface area (Å²) in [7, 11) is 0. The summed E-state index contributed by atoms with van der Waals surface area (Å²) in [5.74, 6) is 1.44. The van der Waals surface area contributed by atoms with Crippen molar-refractivity contribution < 1.29 is 4.74 Å². The third-order valence-electron chi connectivity index (χ3n) is 6.60. The fourth-order valence-electron chi connectivity index (χ4n) is 4.93. The number of anilines is 2. The van der Waals surface area contributed by atoms with Crippen LogP contribution < -0.4 is 15.4 Å². The van der Waals surface area contributed by atoms with Gasteiger partial charge in [-0.25, -0.2) is 9.97 Å². The Labute approximate surface area is 169 Å². The smallest absolute Gasteiger partial charge is 0.255 e. The van der Waals surface area contributed by atoms with Crippen molar-refractivity contribution in [3.63, 3.8) is 0 Å². The summed E-state index contributed by atoms with van der Waals surface area (Å²) in [6.45, 7) is 4.44. The standard InChI is InChI=1S/C21H24N6O2/c22-14-15-2-1-7-23-18(15)26-8-5-21(6-9-26)4-3-16-17(21)24-20(25-19(16)28)27-10-12-29-13-11-27/h1-2,7H,3-6,8-13H2,(H,24,25,28). The summed E-state index contributed by atoms with van der Waals surface area (Å²) in [6, 6.07) is 5.85. The van der Waals surface area contributed by atoms with Gasteiger partial charge in [-0.2, -0.15) is 5.26 Å². The Morgan fingerprint density at radius 2 is 1.93 bits per heavy atom. The van der Waals surface area contributed by atoms with E-state index in [1.165, 1.54) is 0 Å². The predicted molar refractivity (Wildman–Crippen MR) is 108 cm³/mol. The second kappa shape index (κ2) is 7.16. The van der Waals surface area contributed by atoms with Crippen LogP contribution in [0.25, 0.3) is 0 Å². The van der Waals surface area contributed by atoms with Gasteiger partial charge in [0.15, 0.2) is 0 Å². The number of rotatable bonds is 2. The van der Waals surface area contributed by atoms with Crippen molar-refractivity contribution in [1.82, 2.24) is 15.0 Å². The number of piperidine rings is 1. The Bertz CT molecular complexity index is 1010. The highest BCUT2D eigenvalue weighted by Crippen LogP contribution is 2.45. The minimum atomic E-state index is -0.0529. The maximum Gasteiger partial charge on any atom is 0.255 e. The Morgan fingerprint density at radius 3 is 2.69 bits per heavy atom. The molecule has 2 aromatic rings. The fourth-order valence-corrected chi connectivity index (χ4v) is 4.93. The Kier molecular flexibility index (Phi) is 4.47. The number of fused-ring (bicyclic) bond motifs is 2. The molecule has 29 heavy (non-hydrogen) atoms. The minimum absolute atomic E-state index is 0.00675. The number of pyridine rings is 1. The third kappa shape index (κ3) is 3.06. The number of ether oxygens (including phenoxy) is 1. The highest BCUT2D eigenvalue weighted by Gasteiger charge is 2.44. The molecule has 0 bridgehead atoms. The average Bonchev–Trinajstić information content (AvgIpc) is 3.13.